The SMILES string of the molecule is Cc1cc(C)cc(N(CC(=O)O)Cc2ccco2)c1. The van der Waals surface area contributed by atoms with Gasteiger partial charge in [-0.1, -0.05) is 6.07 Å². The van der Waals surface area contributed by atoms with Crippen LogP contribution < -0.4 is 4.90 Å². The van der Waals surface area contributed by atoms with Gasteiger partial charge in [-0.25, -0.2) is 0 Å². The summed E-state index contributed by atoms with van der Waals surface area (Å²) >= 11 is 0. The van der Waals surface area contributed by atoms with Crippen molar-refractivity contribution in [3.8, 4) is 0 Å². The lowest BCUT2D eigenvalue weighted by atomic mass is 10.1. The lowest BCUT2D eigenvalue weighted by molar-refractivity contribution is -0.135. The van der Waals surface area contributed by atoms with Gasteiger partial charge in [0.1, 0.15) is 12.3 Å². The number of aryl methyl sites for hydroxylation is 2. The number of rotatable bonds is 5. The van der Waals surface area contributed by atoms with Crippen LogP contribution in [0.25, 0.3) is 0 Å². The molecule has 1 N–H and O–H groups in total. The summed E-state index contributed by atoms with van der Waals surface area (Å²) in [6, 6.07) is 9.68. The van der Waals surface area contributed by atoms with Crippen LogP contribution in [0.5, 0.6) is 0 Å². The third kappa shape index (κ3) is 3.61. The van der Waals surface area contributed by atoms with Crippen molar-refractivity contribution in [1.29, 1.82) is 0 Å². The molecule has 0 aliphatic carbocycles. The van der Waals surface area contributed by atoms with Crippen molar-refractivity contribution in [2.75, 3.05) is 11.4 Å². The fourth-order valence-electron chi connectivity index (χ4n) is 2.13. The minimum absolute atomic E-state index is 0.0520. The Labute approximate surface area is 112 Å². The van der Waals surface area contributed by atoms with Crippen LogP contribution in [-0.4, -0.2) is 17.6 Å². The van der Waals surface area contributed by atoms with Gasteiger partial charge in [0, 0.05) is 5.69 Å². The Morgan fingerprint density at radius 3 is 2.47 bits per heavy atom. The third-order valence-corrected chi connectivity index (χ3v) is 2.82. The maximum atomic E-state index is 11.0. The Hall–Kier alpha value is -2.23. The number of carboxylic acid groups (broad SMARTS) is 1. The smallest absolute Gasteiger partial charge is 0.323 e. The van der Waals surface area contributed by atoms with Crippen LogP contribution >= 0.6 is 0 Å². The maximum absolute atomic E-state index is 11.0. The Morgan fingerprint density at radius 1 is 1.26 bits per heavy atom. The number of carbonyl (C=O) groups is 1. The molecule has 0 aliphatic heterocycles. The lowest BCUT2D eigenvalue weighted by Gasteiger charge is -2.22. The minimum Gasteiger partial charge on any atom is -0.480 e. The van der Waals surface area contributed by atoms with E-state index in [4.69, 9.17) is 9.52 Å². The number of nitrogens with zero attached hydrogens (tertiary/aromatic N) is 1. The number of furan rings is 1. The van der Waals surface area contributed by atoms with E-state index in [-0.39, 0.29) is 6.54 Å². The summed E-state index contributed by atoms with van der Waals surface area (Å²) in [5, 5.41) is 9.04. The first-order chi connectivity index (χ1) is 9.04. The van der Waals surface area contributed by atoms with Crippen molar-refractivity contribution >= 4 is 11.7 Å². The first-order valence-corrected chi connectivity index (χ1v) is 6.12. The molecule has 100 valence electrons. The summed E-state index contributed by atoms with van der Waals surface area (Å²) in [4.78, 5) is 12.8. The molecule has 4 heteroatoms. The molecule has 0 fully saturated rings. The van der Waals surface area contributed by atoms with E-state index in [0.29, 0.717) is 6.54 Å². The topological polar surface area (TPSA) is 53.7 Å². The highest BCUT2D eigenvalue weighted by molar-refractivity contribution is 5.74. The Bertz CT molecular complexity index is 541. The van der Waals surface area contributed by atoms with E-state index in [1.54, 1.807) is 17.2 Å². The molecule has 1 aromatic heterocycles. The third-order valence-electron chi connectivity index (χ3n) is 2.82. The van der Waals surface area contributed by atoms with Gasteiger partial charge in [-0.05, 0) is 49.2 Å². The molecule has 4 nitrogen and oxygen atoms in total. The van der Waals surface area contributed by atoms with E-state index >= 15 is 0 Å². The van der Waals surface area contributed by atoms with Crippen LogP contribution in [-0.2, 0) is 11.3 Å². The van der Waals surface area contributed by atoms with E-state index in [1.807, 2.05) is 32.0 Å². The van der Waals surface area contributed by atoms with Crippen LogP contribution in [0.4, 0.5) is 5.69 Å². The van der Waals surface area contributed by atoms with Crippen molar-refractivity contribution in [3.63, 3.8) is 0 Å². The molecular weight excluding hydrogens is 242 g/mol. The van der Waals surface area contributed by atoms with Gasteiger partial charge in [-0.15, -0.1) is 0 Å². The molecule has 0 radical (unpaired) electrons. The molecule has 1 heterocycles. The highest BCUT2D eigenvalue weighted by Crippen LogP contribution is 2.21. The van der Waals surface area contributed by atoms with Gasteiger partial charge in [0.25, 0.3) is 0 Å². The van der Waals surface area contributed by atoms with Gasteiger partial charge in [0.15, 0.2) is 0 Å². The first-order valence-electron chi connectivity index (χ1n) is 6.12. The van der Waals surface area contributed by atoms with Gasteiger partial charge in [0.2, 0.25) is 0 Å². The lowest BCUT2D eigenvalue weighted by Crippen LogP contribution is -2.29. The van der Waals surface area contributed by atoms with Gasteiger partial charge in [-0.2, -0.15) is 0 Å². The fourth-order valence-corrected chi connectivity index (χ4v) is 2.13. The van der Waals surface area contributed by atoms with Crippen molar-refractivity contribution in [3.05, 3.63) is 53.5 Å². The molecule has 2 aromatic rings. The highest BCUT2D eigenvalue weighted by Gasteiger charge is 2.13. The van der Waals surface area contributed by atoms with Gasteiger partial charge < -0.3 is 14.4 Å². The minimum atomic E-state index is -0.856. The second-order valence-electron chi connectivity index (χ2n) is 4.68. The standard InChI is InChI=1S/C15H17NO3/c1-11-6-12(2)8-13(7-11)16(10-15(17)18)9-14-4-3-5-19-14/h3-8H,9-10H2,1-2H3,(H,17,18). The Morgan fingerprint density at radius 2 is 1.95 bits per heavy atom. The van der Waals surface area contributed by atoms with Crippen molar-refractivity contribution in [2.45, 2.75) is 20.4 Å². The second kappa shape index (κ2) is 5.61. The number of hydrogen-bond donors (Lipinski definition) is 1. The molecule has 0 aliphatic rings. The summed E-state index contributed by atoms with van der Waals surface area (Å²) in [6.07, 6.45) is 1.59. The number of hydrogen-bond acceptors (Lipinski definition) is 3. The van der Waals surface area contributed by atoms with Gasteiger partial charge in [0.05, 0.1) is 12.8 Å². The van der Waals surface area contributed by atoms with Crippen LogP contribution in [0.1, 0.15) is 16.9 Å². The monoisotopic (exact) mass is 259 g/mol. The van der Waals surface area contributed by atoms with Crippen LogP contribution in [0.2, 0.25) is 0 Å². The Kier molecular flexibility index (Phi) is 3.90. The van der Waals surface area contributed by atoms with E-state index in [9.17, 15) is 4.79 Å². The molecule has 0 spiro atoms. The second-order valence-corrected chi connectivity index (χ2v) is 4.68. The predicted molar refractivity (Wildman–Crippen MR) is 73.3 cm³/mol. The summed E-state index contributed by atoms with van der Waals surface area (Å²) in [7, 11) is 0. The predicted octanol–water partition coefficient (Wildman–Crippen LogP) is 2.99. The molecule has 1 aromatic carbocycles. The van der Waals surface area contributed by atoms with Gasteiger partial charge >= 0.3 is 5.97 Å². The molecule has 19 heavy (non-hydrogen) atoms. The molecule has 0 amide bonds. The van der Waals surface area contributed by atoms with Crippen LogP contribution in [0.15, 0.2) is 41.0 Å². The number of anilines is 1. The molecule has 0 saturated heterocycles. The molecule has 0 saturated carbocycles. The zero-order valence-electron chi connectivity index (χ0n) is 11.1. The maximum Gasteiger partial charge on any atom is 0.323 e. The average molecular weight is 259 g/mol. The van der Waals surface area contributed by atoms with E-state index in [1.165, 1.54) is 0 Å². The van der Waals surface area contributed by atoms with Crippen molar-refractivity contribution in [1.82, 2.24) is 0 Å². The quantitative estimate of drug-likeness (QED) is 0.896. The summed E-state index contributed by atoms with van der Waals surface area (Å²) < 4.78 is 5.29. The molecule has 2 rings (SSSR count). The summed E-state index contributed by atoms with van der Waals surface area (Å²) in [5.74, 6) is -0.105. The van der Waals surface area contributed by atoms with E-state index in [2.05, 4.69) is 6.07 Å². The zero-order chi connectivity index (χ0) is 13.8. The van der Waals surface area contributed by atoms with Crippen molar-refractivity contribution in [2.24, 2.45) is 0 Å². The van der Waals surface area contributed by atoms with Crippen LogP contribution in [0.3, 0.4) is 0 Å². The Balaban J connectivity index is 2.28. The number of benzene rings is 1. The first kappa shape index (κ1) is 13.2. The average Bonchev–Trinajstić information content (AvgIpc) is 2.79. The van der Waals surface area contributed by atoms with Crippen molar-refractivity contribution < 1.29 is 14.3 Å². The molecule has 0 bridgehead atoms. The van der Waals surface area contributed by atoms with E-state index < -0.39 is 5.97 Å². The zero-order valence-corrected chi connectivity index (χ0v) is 11.1. The normalized spacial score (nSPS) is 10.4. The van der Waals surface area contributed by atoms with Gasteiger partial charge in [-0.3, -0.25) is 4.79 Å². The fraction of sp³-hybridized carbons (Fsp3) is 0.267. The number of carboxylic acids is 1. The summed E-state index contributed by atoms with van der Waals surface area (Å²) in [6.45, 7) is 4.40. The molecular formula is C15H17NO3. The summed E-state index contributed by atoms with van der Waals surface area (Å²) in [5.41, 5.74) is 3.13. The molecule has 0 atom stereocenters. The number of aliphatic carboxylic acids is 1. The molecule has 0 unspecified atom stereocenters. The van der Waals surface area contributed by atoms with E-state index in [0.717, 1.165) is 22.6 Å². The van der Waals surface area contributed by atoms with Crippen LogP contribution in [0, 0.1) is 13.8 Å². The highest BCUT2D eigenvalue weighted by atomic mass is 16.4. The largest absolute Gasteiger partial charge is 0.480 e.